The predicted molar refractivity (Wildman–Crippen MR) is 133 cm³/mol. The van der Waals surface area contributed by atoms with Crippen LogP contribution in [0.4, 0.5) is 5.69 Å². The predicted octanol–water partition coefficient (Wildman–Crippen LogP) is 6.10. The van der Waals surface area contributed by atoms with E-state index in [0.29, 0.717) is 33.2 Å². The minimum atomic E-state index is -1.33. The lowest BCUT2D eigenvalue weighted by atomic mass is 9.88. The molecule has 7 nitrogen and oxygen atoms in total. The van der Waals surface area contributed by atoms with Gasteiger partial charge in [-0.1, -0.05) is 23.2 Å². The number of hydrogen-bond donors (Lipinski definition) is 3. The Morgan fingerprint density at radius 2 is 1.68 bits per heavy atom. The molecule has 1 aliphatic carbocycles. The van der Waals surface area contributed by atoms with Gasteiger partial charge in [-0.05, 0) is 43.2 Å². The second-order valence-electron chi connectivity index (χ2n) is 7.83. The largest absolute Gasteiger partial charge is 0.478 e. The zero-order valence-corrected chi connectivity index (χ0v) is 20.2. The smallest absolute Gasteiger partial charge is 0.337 e. The normalized spacial score (nSPS) is 11.9. The molecule has 1 aliphatic heterocycles. The summed E-state index contributed by atoms with van der Waals surface area (Å²) in [5.41, 5.74) is 3.36. The number of hydrogen-bond acceptors (Lipinski definition) is 5. The van der Waals surface area contributed by atoms with Crippen molar-refractivity contribution in [2.75, 3.05) is 19.4 Å². The minimum Gasteiger partial charge on any atom is -0.478 e. The Balaban J connectivity index is 2.35. The molecule has 0 unspecified atom stereocenters. The number of nitrogens with one attached hydrogen (secondary N) is 1. The van der Waals surface area contributed by atoms with Gasteiger partial charge < -0.3 is 19.9 Å². The highest BCUT2D eigenvalue weighted by Crippen LogP contribution is 2.47. The SMILES string of the molecule is CN=c1cc2oc3cc(NC)c(C)cc3c(-c3c(Cl)c(C(=O)O)cc(Cl)c3C(=O)O)c-2cc1C. The molecule has 9 heteroatoms. The van der Waals surface area contributed by atoms with Crippen molar-refractivity contribution in [3.05, 3.63) is 68.0 Å². The topological polar surface area (TPSA) is 112 Å². The standard InChI is InChI=1S/C25H20Cl2N2O5/c1-10-5-12-18(8-16(10)28-3)34-19-9-17(29-4)11(2)6-13(19)20(12)22-21(25(32)33)15(26)7-14(23(22)27)24(30)31/h5-9,28H,1-4H3,(H,30,31)(H,32,33). The number of carboxylic acids is 2. The lowest BCUT2D eigenvalue weighted by Gasteiger charge is -2.21. The molecule has 2 aliphatic rings. The quantitative estimate of drug-likeness (QED) is 0.293. The minimum absolute atomic E-state index is 0.0158. The molecule has 0 saturated carbocycles. The monoisotopic (exact) mass is 498 g/mol. The third-order valence-electron chi connectivity index (χ3n) is 5.80. The molecular formula is C25H20Cl2N2O5. The van der Waals surface area contributed by atoms with E-state index in [1.54, 1.807) is 26.2 Å². The number of rotatable bonds is 4. The molecule has 0 aromatic heterocycles. The highest BCUT2D eigenvalue weighted by atomic mass is 35.5. The lowest BCUT2D eigenvalue weighted by Crippen LogP contribution is -2.10. The number of carbonyl (C=O) groups is 2. The lowest BCUT2D eigenvalue weighted by molar-refractivity contribution is 0.0682. The first-order chi connectivity index (χ1) is 16.1. The van der Waals surface area contributed by atoms with E-state index in [0.717, 1.165) is 22.9 Å². The Kier molecular flexibility index (Phi) is 6.02. The highest BCUT2D eigenvalue weighted by molar-refractivity contribution is 6.41. The Hall–Kier alpha value is -3.55. The molecule has 0 amide bonds. The first-order valence-electron chi connectivity index (χ1n) is 10.2. The van der Waals surface area contributed by atoms with E-state index in [1.165, 1.54) is 0 Å². The highest BCUT2D eigenvalue weighted by Gasteiger charge is 2.29. The number of aromatic carboxylic acids is 2. The summed E-state index contributed by atoms with van der Waals surface area (Å²) in [4.78, 5) is 28.5. The van der Waals surface area contributed by atoms with Gasteiger partial charge in [0.1, 0.15) is 11.3 Å². The zero-order valence-electron chi connectivity index (χ0n) is 18.7. The molecule has 0 bridgehead atoms. The van der Waals surface area contributed by atoms with E-state index in [2.05, 4.69) is 10.3 Å². The molecule has 3 N–H and O–H groups in total. The van der Waals surface area contributed by atoms with Gasteiger partial charge in [0, 0.05) is 54.0 Å². The van der Waals surface area contributed by atoms with Crippen molar-refractivity contribution in [2.45, 2.75) is 13.8 Å². The summed E-state index contributed by atoms with van der Waals surface area (Å²) in [5.74, 6) is -2.22. The van der Waals surface area contributed by atoms with Crippen LogP contribution in [0.25, 0.3) is 33.4 Å². The summed E-state index contributed by atoms with van der Waals surface area (Å²) in [6.07, 6.45) is 0. The zero-order chi connectivity index (χ0) is 24.9. The van der Waals surface area contributed by atoms with E-state index in [9.17, 15) is 19.8 Å². The van der Waals surface area contributed by atoms with Crippen molar-refractivity contribution in [2.24, 2.45) is 4.99 Å². The maximum Gasteiger partial charge on any atom is 0.337 e. The fraction of sp³-hybridized carbons (Fsp3) is 0.160. The van der Waals surface area contributed by atoms with Crippen LogP contribution in [0.3, 0.4) is 0 Å². The second-order valence-corrected chi connectivity index (χ2v) is 8.61. The molecule has 0 fully saturated rings. The average Bonchev–Trinajstić information content (AvgIpc) is 2.78. The molecule has 1 heterocycles. The number of benzene rings is 3. The van der Waals surface area contributed by atoms with Crippen LogP contribution in [0.2, 0.25) is 10.0 Å². The van der Waals surface area contributed by atoms with Gasteiger partial charge in [0.05, 0.1) is 26.5 Å². The van der Waals surface area contributed by atoms with Crippen molar-refractivity contribution in [3.8, 4) is 22.5 Å². The second kappa shape index (κ2) is 8.66. The molecule has 0 atom stereocenters. The van der Waals surface area contributed by atoms with Crippen molar-refractivity contribution in [1.29, 1.82) is 0 Å². The number of halogens is 2. The van der Waals surface area contributed by atoms with Gasteiger partial charge in [0.2, 0.25) is 0 Å². The number of nitrogens with zero attached hydrogens (tertiary/aromatic N) is 1. The molecule has 2 aromatic rings. The fourth-order valence-electron chi connectivity index (χ4n) is 4.19. The van der Waals surface area contributed by atoms with Crippen molar-refractivity contribution >= 4 is 51.8 Å². The summed E-state index contributed by atoms with van der Waals surface area (Å²) in [5, 5.41) is 23.7. The molecule has 0 radical (unpaired) electrons. The summed E-state index contributed by atoms with van der Waals surface area (Å²) < 4.78 is 6.21. The molecule has 34 heavy (non-hydrogen) atoms. The first-order valence-corrected chi connectivity index (χ1v) is 11.0. The van der Waals surface area contributed by atoms with Crippen LogP contribution in [0.1, 0.15) is 31.8 Å². The summed E-state index contributed by atoms with van der Waals surface area (Å²) in [7, 11) is 3.44. The van der Waals surface area contributed by atoms with Crippen LogP contribution in [0, 0.1) is 13.8 Å². The Morgan fingerprint density at radius 3 is 2.26 bits per heavy atom. The van der Waals surface area contributed by atoms with Crippen LogP contribution in [-0.2, 0) is 0 Å². The van der Waals surface area contributed by atoms with Crippen LogP contribution in [0.5, 0.6) is 0 Å². The van der Waals surface area contributed by atoms with Gasteiger partial charge in [-0.3, -0.25) is 4.99 Å². The molecule has 174 valence electrons. The van der Waals surface area contributed by atoms with Crippen LogP contribution in [-0.4, -0.2) is 36.2 Å². The third-order valence-corrected chi connectivity index (χ3v) is 6.49. The Bertz CT molecular complexity index is 1560. The van der Waals surface area contributed by atoms with E-state index < -0.39 is 11.9 Å². The first kappa shape index (κ1) is 23.6. The number of aryl methyl sites for hydroxylation is 2. The summed E-state index contributed by atoms with van der Waals surface area (Å²) in [6.45, 7) is 3.76. The van der Waals surface area contributed by atoms with Gasteiger partial charge in [-0.2, -0.15) is 0 Å². The molecule has 0 spiro atoms. The van der Waals surface area contributed by atoms with Gasteiger partial charge in [0.25, 0.3) is 0 Å². The molecular weight excluding hydrogens is 479 g/mol. The van der Waals surface area contributed by atoms with E-state index >= 15 is 0 Å². The van der Waals surface area contributed by atoms with E-state index in [4.69, 9.17) is 27.6 Å². The van der Waals surface area contributed by atoms with Crippen LogP contribution >= 0.6 is 23.2 Å². The maximum absolute atomic E-state index is 12.3. The molecule has 4 rings (SSSR count). The van der Waals surface area contributed by atoms with Gasteiger partial charge in [0.15, 0.2) is 0 Å². The van der Waals surface area contributed by atoms with Crippen molar-refractivity contribution in [3.63, 3.8) is 0 Å². The van der Waals surface area contributed by atoms with Crippen molar-refractivity contribution in [1.82, 2.24) is 0 Å². The number of fused-ring (bicyclic) bond motifs is 2. The Labute approximate surface area is 204 Å². The van der Waals surface area contributed by atoms with E-state index in [1.807, 2.05) is 26.0 Å². The number of carboxylic acid groups (broad SMARTS) is 2. The fourth-order valence-corrected chi connectivity index (χ4v) is 4.80. The van der Waals surface area contributed by atoms with Gasteiger partial charge >= 0.3 is 11.9 Å². The van der Waals surface area contributed by atoms with E-state index in [-0.39, 0.29) is 26.7 Å². The van der Waals surface area contributed by atoms with Crippen molar-refractivity contribution < 1.29 is 24.2 Å². The van der Waals surface area contributed by atoms with Gasteiger partial charge in [-0.15, -0.1) is 0 Å². The maximum atomic E-state index is 12.3. The van der Waals surface area contributed by atoms with Gasteiger partial charge in [-0.25, -0.2) is 9.59 Å². The average molecular weight is 499 g/mol. The Morgan fingerprint density at radius 1 is 0.971 bits per heavy atom. The number of anilines is 1. The summed E-state index contributed by atoms with van der Waals surface area (Å²) in [6, 6.07) is 8.27. The van der Waals surface area contributed by atoms with Crippen LogP contribution < -0.4 is 10.7 Å². The third kappa shape index (κ3) is 3.67. The molecule has 0 saturated heterocycles. The van der Waals surface area contributed by atoms with Crippen LogP contribution in [0.15, 0.2) is 39.7 Å². The molecule has 2 aromatic carbocycles. The summed E-state index contributed by atoms with van der Waals surface area (Å²) >= 11 is 12.9.